The first-order valence-corrected chi connectivity index (χ1v) is 8.79. The van der Waals surface area contributed by atoms with E-state index in [0.717, 1.165) is 38.7 Å². The van der Waals surface area contributed by atoms with Gasteiger partial charge >= 0.3 is 6.18 Å². The Labute approximate surface area is 143 Å². The summed E-state index contributed by atoms with van der Waals surface area (Å²) in [6.45, 7) is 4.87. The maximum absolute atomic E-state index is 12.6. The third-order valence-corrected chi connectivity index (χ3v) is 5.16. The number of benzene rings is 1. The van der Waals surface area contributed by atoms with Crippen LogP contribution >= 0.6 is 11.3 Å². The van der Waals surface area contributed by atoms with E-state index < -0.39 is 11.1 Å². The molecular formula is C17H20F3N3S. The first-order valence-electron chi connectivity index (χ1n) is 7.97. The molecule has 0 amide bonds. The molecule has 24 heavy (non-hydrogen) atoms. The summed E-state index contributed by atoms with van der Waals surface area (Å²) in [5.41, 5.74) is 2.56. The number of aromatic nitrogens is 1. The van der Waals surface area contributed by atoms with Gasteiger partial charge in [-0.1, -0.05) is 41.2 Å². The molecule has 7 heteroatoms. The fourth-order valence-corrected chi connectivity index (χ4v) is 3.71. The molecule has 1 aliphatic heterocycles. The average molecular weight is 355 g/mol. The van der Waals surface area contributed by atoms with Crippen LogP contribution in [0.5, 0.6) is 0 Å². The lowest BCUT2D eigenvalue weighted by molar-refractivity contribution is -0.134. The second-order valence-corrected chi connectivity index (χ2v) is 7.24. The first-order chi connectivity index (χ1) is 11.4. The molecule has 0 bridgehead atoms. The van der Waals surface area contributed by atoms with Crippen molar-refractivity contribution in [3.8, 4) is 0 Å². The molecule has 1 saturated heterocycles. The van der Waals surface area contributed by atoms with Crippen molar-refractivity contribution in [3.05, 3.63) is 46.5 Å². The molecule has 1 aromatic heterocycles. The van der Waals surface area contributed by atoms with Gasteiger partial charge in [-0.2, -0.15) is 13.2 Å². The number of likely N-dealkylation sites (tertiary alicyclic amines) is 1. The topological polar surface area (TPSA) is 28.2 Å². The van der Waals surface area contributed by atoms with Crippen molar-refractivity contribution in [1.29, 1.82) is 0 Å². The van der Waals surface area contributed by atoms with Crippen molar-refractivity contribution >= 4 is 16.5 Å². The number of thiazole rings is 1. The number of nitrogens with one attached hydrogen (secondary N) is 1. The number of hydrogen-bond acceptors (Lipinski definition) is 4. The summed E-state index contributed by atoms with van der Waals surface area (Å²) in [5.74, 6) is 0. The molecule has 0 aliphatic carbocycles. The Hall–Kier alpha value is -1.60. The van der Waals surface area contributed by atoms with E-state index in [4.69, 9.17) is 0 Å². The molecule has 0 spiro atoms. The fraction of sp³-hybridized carbons (Fsp3) is 0.471. The van der Waals surface area contributed by atoms with E-state index in [9.17, 15) is 13.2 Å². The van der Waals surface area contributed by atoms with Crippen molar-refractivity contribution in [2.45, 2.75) is 38.5 Å². The highest BCUT2D eigenvalue weighted by molar-refractivity contribution is 7.15. The van der Waals surface area contributed by atoms with Gasteiger partial charge in [0.1, 0.15) is 4.88 Å². The van der Waals surface area contributed by atoms with Crippen molar-refractivity contribution in [2.24, 2.45) is 0 Å². The van der Waals surface area contributed by atoms with Gasteiger partial charge in [-0.3, -0.25) is 4.90 Å². The third kappa shape index (κ3) is 4.48. The Balaban J connectivity index is 1.49. The van der Waals surface area contributed by atoms with E-state index in [1.807, 2.05) is 0 Å². The van der Waals surface area contributed by atoms with E-state index in [1.54, 1.807) is 0 Å². The minimum absolute atomic E-state index is 0.186. The zero-order chi connectivity index (χ0) is 17.2. The summed E-state index contributed by atoms with van der Waals surface area (Å²) in [6, 6.07) is 8.66. The fourth-order valence-electron chi connectivity index (χ4n) is 2.95. The van der Waals surface area contributed by atoms with Crippen molar-refractivity contribution in [2.75, 3.05) is 18.4 Å². The van der Waals surface area contributed by atoms with Crippen molar-refractivity contribution in [3.63, 3.8) is 0 Å². The first kappa shape index (κ1) is 17.2. The van der Waals surface area contributed by atoms with Crippen molar-refractivity contribution in [1.82, 2.24) is 9.88 Å². The Bertz CT molecular complexity index is 676. The smallest absolute Gasteiger partial charge is 0.359 e. The van der Waals surface area contributed by atoms with Gasteiger partial charge in [-0.15, -0.1) is 0 Å². The Morgan fingerprint density at radius 1 is 1.29 bits per heavy atom. The molecular weight excluding hydrogens is 335 g/mol. The molecule has 0 unspecified atom stereocenters. The van der Waals surface area contributed by atoms with E-state index >= 15 is 0 Å². The van der Waals surface area contributed by atoms with Crippen LogP contribution in [0.3, 0.4) is 0 Å². The van der Waals surface area contributed by atoms with Crippen LogP contribution in [0, 0.1) is 6.92 Å². The summed E-state index contributed by atoms with van der Waals surface area (Å²) in [7, 11) is 0. The average Bonchev–Trinajstić information content (AvgIpc) is 2.98. The normalized spacial score (nSPS) is 17.2. The molecule has 130 valence electrons. The standard InChI is InChI=1S/C17H20F3N3S/c1-12-3-2-4-13(9-12)11-23-7-5-14(6-8-23)22-16-21-10-15(24-16)17(18,19)20/h2-4,9-10,14H,5-8,11H2,1H3,(H,21,22). The highest BCUT2D eigenvalue weighted by Gasteiger charge is 2.33. The molecule has 2 heterocycles. The number of halogens is 3. The molecule has 1 aliphatic rings. The maximum Gasteiger partial charge on any atom is 0.427 e. The molecule has 2 aromatic rings. The lowest BCUT2D eigenvalue weighted by Gasteiger charge is -2.32. The van der Waals surface area contributed by atoms with E-state index in [0.29, 0.717) is 16.5 Å². The maximum atomic E-state index is 12.6. The highest BCUT2D eigenvalue weighted by atomic mass is 32.1. The SMILES string of the molecule is Cc1cccc(CN2CCC(Nc3ncc(C(F)(F)F)s3)CC2)c1. The van der Waals surface area contributed by atoms with Gasteiger partial charge in [0.05, 0.1) is 6.20 Å². The van der Waals surface area contributed by atoms with Gasteiger partial charge < -0.3 is 5.32 Å². The van der Waals surface area contributed by atoms with Crippen LogP contribution in [0.2, 0.25) is 0 Å². The molecule has 0 atom stereocenters. The lowest BCUT2D eigenvalue weighted by atomic mass is 10.0. The molecule has 1 fully saturated rings. The monoisotopic (exact) mass is 355 g/mol. The van der Waals surface area contributed by atoms with Gasteiger partial charge in [-0.05, 0) is 25.3 Å². The van der Waals surface area contributed by atoms with Crippen LogP contribution in [0.15, 0.2) is 30.5 Å². The van der Waals surface area contributed by atoms with E-state index in [-0.39, 0.29) is 6.04 Å². The Kier molecular flexibility index (Phi) is 5.10. The molecule has 1 N–H and O–H groups in total. The predicted octanol–water partition coefficient (Wildman–Crippen LogP) is 4.55. The summed E-state index contributed by atoms with van der Waals surface area (Å²) < 4.78 is 37.8. The van der Waals surface area contributed by atoms with E-state index in [1.165, 1.54) is 11.1 Å². The van der Waals surface area contributed by atoms with Crippen LogP contribution in [0.25, 0.3) is 0 Å². The molecule has 0 saturated carbocycles. The third-order valence-electron chi connectivity index (χ3n) is 4.19. The van der Waals surface area contributed by atoms with Gasteiger partial charge in [0, 0.05) is 25.7 Å². The Morgan fingerprint density at radius 2 is 2.04 bits per heavy atom. The zero-order valence-electron chi connectivity index (χ0n) is 13.4. The molecule has 0 radical (unpaired) electrons. The Morgan fingerprint density at radius 3 is 2.67 bits per heavy atom. The number of aryl methyl sites for hydroxylation is 1. The molecule has 3 rings (SSSR count). The number of nitrogens with zero attached hydrogens (tertiary/aromatic N) is 2. The minimum Gasteiger partial charge on any atom is -0.359 e. The number of rotatable bonds is 4. The van der Waals surface area contributed by atoms with E-state index in [2.05, 4.69) is 46.4 Å². The second-order valence-electron chi connectivity index (χ2n) is 6.21. The summed E-state index contributed by atoms with van der Waals surface area (Å²) in [6.07, 6.45) is -1.59. The molecule has 3 nitrogen and oxygen atoms in total. The number of alkyl halides is 3. The highest BCUT2D eigenvalue weighted by Crippen LogP contribution is 2.35. The number of piperidine rings is 1. The summed E-state index contributed by atoms with van der Waals surface area (Å²) >= 11 is 0.678. The van der Waals surface area contributed by atoms with Crippen LogP contribution in [-0.4, -0.2) is 29.0 Å². The minimum atomic E-state index is -4.31. The van der Waals surface area contributed by atoms with Gasteiger partial charge in [-0.25, -0.2) is 4.98 Å². The van der Waals surface area contributed by atoms with Gasteiger partial charge in [0.15, 0.2) is 5.13 Å². The number of anilines is 1. The summed E-state index contributed by atoms with van der Waals surface area (Å²) in [5, 5.41) is 3.51. The largest absolute Gasteiger partial charge is 0.427 e. The second kappa shape index (κ2) is 7.11. The van der Waals surface area contributed by atoms with Crippen LogP contribution in [-0.2, 0) is 12.7 Å². The zero-order valence-corrected chi connectivity index (χ0v) is 14.3. The van der Waals surface area contributed by atoms with Gasteiger partial charge in [0.25, 0.3) is 0 Å². The van der Waals surface area contributed by atoms with Crippen LogP contribution in [0.4, 0.5) is 18.3 Å². The van der Waals surface area contributed by atoms with Crippen LogP contribution in [0.1, 0.15) is 28.8 Å². The summed E-state index contributed by atoms with van der Waals surface area (Å²) in [4.78, 5) is 5.58. The quantitative estimate of drug-likeness (QED) is 0.872. The van der Waals surface area contributed by atoms with Gasteiger partial charge in [0.2, 0.25) is 0 Å². The van der Waals surface area contributed by atoms with Crippen molar-refractivity contribution < 1.29 is 13.2 Å². The predicted molar refractivity (Wildman–Crippen MR) is 90.2 cm³/mol. The van der Waals surface area contributed by atoms with Crippen LogP contribution < -0.4 is 5.32 Å². The lowest BCUT2D eigenvalue weighted by Crippen LogP contribution is -2.38. The molecule has 1 aromatic carbocycles. The number of hydrogen-bond donors (Lipinski definition) is 1.